The van der Waals surface area contributed by atoms with Crippen molar-refractivity contribution in [1.82, 2.24) is 0 Å². The lowest BCUT2D eigenvalue weighted by molar-refractivity contribution is -0.162. The van der Waals surface area contributed by atoms with Crippen molar-refractivity contribution in [3.05, 3.63) is 0 Å². The zero-order valence-corrected chi connectivity index (χ0v) is 12.4. The van der Waals surface area contributed by atoms with E-state index >= 15 is 0 Å². The molecule has 104 valence electrons. The summed E-state index contributed by atoms with van der Waals surface area (Å²) in [5.41, 5.74) is -0.329. The molecule has 0 aliphatic heterocycles. The summed E-state index contributed by atoms with van der Waals surface area (Å²) < 4.78 is 5.85. The third-order valence-corrected chi connectivity index (χ3v) is 4.75. The molecule has 18 heavy (non-hydrogen) atoms. The minimum Gasteiger partial charge on any atom is -0.462 e. The van der Waals surface area contributed by atoms with Gasteiger partial charge in [-0.1, -0.05) is 26.7 Å². The van der Waals surface area contributed by atoms with E-state index in [1.165, 1.54) is 25.7 Å². The highest BCUT2D eigenvalue weighted by molar-refractivity contribution is 5.76. The fourth-order valence-corrected chi connectivity index (χ4v) is 4.05. The molecule has 2 heteroatoms. The molecule has 2 aliphatic rings. The Labute approximate surface area is 111 Å². The summed E-state index contributed by atoms with van der Waals surface area (Å²) in [6.45, 7) is 8.38. The number of carbonyl (C=O) groups is 1. The van der Waals surface area contributed by atoms with E-state index < -0.39 is 0 Å². The molecule has 0 radical (unpaired) electrons. The van der Waals surface area contributed by atoms with Crippen molar-refractivity contribution in [3.8, 4) is 0 Å². The zero-order chi connectivity index (χ0) is 13.3. The van der Waals surface area contributed by atoms with Gasteiger partial charge in [0.2, 0.25) is 0 Å². The molecule has 0 bridgehead atoms. The molecular formula is C16H28O2. The third kappa shape index (κ3) is 2.89. The van der Waals surface area contributed by atoms with Crippen LogP contribution in [-0.2, 0) is 9.53 Å². The van der Waals surface area contributed by atoms with Gasteiger partial charge >= 0.3 is 5.97 Å². The SMILES string of the molecule is CC(C)CC(C)(C)C(=O)OC1CCC2CCCC21. The van der Waals surface area contributed by atoms with E-state index in [1.807, 2.05) is 13.8 Å². The Kier molecular flexibility index (Phi) is 4.03. The van der Waals surface area contributed by atoms with E-state index in [2.05, 4.69) is 13.8 Å². The fourth-order valence-electron chi connectivity index (χ4n) is 4.05. The normalized spacial score (nSPS) is 31.7. The monoisotopic (exact) mass is 252 g/mol. The predicted molar refractivity (Wildman–Crippen MR) is 73.2 cm³/mol. The quantitative estimate of drug-likeness (QED) is 0.702. The Hall–Kier alpha value is -0.530. The molecule has 0 heterocycles. The molecule has 2 nitrogen and oxygen atoms in total. The Morgan fingerprint density at radius 3 is 2.61 bits per heavy atom. The van der Waals surface area contributed by atoms with Crippen LogP contribution in [0.1, 0.15) is 66.2 Å². The highest BCUT2D eigenvalue weighted by Gasteiger charge is 2.43. The van der Waals surface area contributed by atoms with Crippen LogP contribution in [0.2, 0.25) is 0 Å². The van der Waals surface area contributed by atoms with Gasteiger partial charge in [-0.3, -0.25) is 4.79 Å². The van der Waals surface area contributed by atoms with Crippen LogP contribution in [0.15, 0.2) is 0 Å². The third-order valence-electron chi connectivity index (χ3n) is 4.75. The van der Waals surface area contributed by atoms with Gasteiger partial charge in [0.05, 0.1) is 5.41 Å². The van der Waals surface area contributed by atoms with Crippen LogP contribution in [0.4, 0.5) is 0 Å². The van der Waals surface area contributed by atoms with Crippen LogP contribution < -0.4 is 0 Å². The Morgan fingerprint density at radius 2 is 1.94 bits per heavy atom. The fraction of sp³-hybridized carbons (Fsp3) is 0.938. The lowest BCUT2D eigenvalue weighted by atomic mass is 9.84. The van der Waals surface area contributed by atoms with Crippen molar-refractivity contribution in [2.24, 2.45) is 23.2 Å². The standard InChI is InChI=1S/C16H28O2/c1-11(2)10-16(3,4)15(17)18-14-9-8-12-6-5-7-13(12)14/h11-14H,5-10H2,1-4H3. The molecule has 0 spiro atoms. The second-order valence-electron chi connectivity index (χ2n) is 7.36. The van der Waals surface area contributed by atoms with E-state index in [4.69, 9.17) is 4.74 Å². The van der Waals surface area contributed by atoms with Gasteiger partial charge in [-0.15, -0.1) is 0 Å². The molecular weight excluding hydrogens is 224 g/mol. The summed E-state index contributed by atoms with van der Waals surface area (Å²) in [5.74, 6) is 2.07. The maximum absolute atomic E-state index is 12.3. The zero-order valence-electron chi connectivity index (χ0n) is 12.4. The molecule has 0 saturated heterocycles. The summed E-state index contributed by atoms with van der Waals surface area (Å²) in [6, 6.07) is 0. The van der Waals surface area contributed by atoms with Gasteiger partial charge in [0.1, 0.15) is 6.10 Å². The maximum atomic E-state index is 12.3. The number of hydrogen-bond donors (Lipinski definition) is 0. The van der Waals surface area contributed by atoms with Gasteiger partial charge in [0.25, 0.3) is 0 Å². The molecule has 0 N–H and O–H groups in total. The summed E-state index contributed by atoms with van der Waals surface area (Å²) in [4.78, 5) is 12.3. The van der Waals surface area contributed by atoms with E-state index in [1.54, 1.807) is 0 Å². The molecule has 3 unspecified atom stereocenters. The number of hydrogen-bond acceptors (Lipinski definition) is 2. The average molecular weight is 252 g/mol. The van der Waals surface area contributed by atoms with Crippen molar-refractivity contribution < 1.29 is 9.53 Å². The van der Waals surface area contributed by atoms with Crippen molar-refractivity contribution in [2.75, 3.05) is 0 Å². The highest BCUT2D eigenvalue weighted by Crippen LogP contribution is 2.46. The predicted octanol–water partition coefficient (Wildman–Crippen LogP) is 4.18. The molecule has 2 fully saturated rings. The number of esters is 1. The molecule has 2 saturated carbocycles. The van der Waals surface area contributed by atoms with Crippen molar-refractivity contribution in [2.45, 2.75) is 72.3 Å². The van der Waals surface area contributed by atoms with Crippen LogP contribution >= 0.6 is 0 Å². The van der Waals surface area contributed by atoms with Crippen LogP contribution in [0.3, 0.4) is 0 Å². The number of carbonyl (C=O) groups excluding carboxylic acids is 1. The van der Waals surface area contributed by atoms with Gasteiger partial charge in [-0.25, -0.2) is 0 Å². The van der Waals surface area contributed by atoms with E-state index in [0.29, 0.717) is 11.8 Å². The lowest BCUT2D eigenvalue weighted by Crippen LogP contribution is -2.33. The van der Waals surface area contributed by atoms with Gasteiger partial charge in [0.15, 0.2) is 0 Å². The summed E-state index contributed by atoms with van der Waals surface area (Å²) in [5, 5.41) is 0. The molecule has 2 rings (SSSR count). The van der Waals surface area contributed by atoms with Crippen molar-refractivity contribution >= 4 is 5.97 Å². The molecule has 3 atom stereocenters. The smallest absolute Gasteiger partial charge is 0.311 e. The Bertz CT molecular complexity index is 306. The number of fused-ring (bicyclic) bond motifs is 1. The lowest BCUT2D eigenvalue weighted by Gasteiger charge is -2.28. The summed E-state index contributed by atoms with van der Waals surface area (Å²) in [7, 11) is 0. The van der Waals surface area contributed by atoms with Crippen LogP contribution in [0.25, 0.3) is 0 Å². The van der Waals surface area contributed by atoms with Gasteiger partial charge in [0, 0.05) is 0 Å². The largest absolute Gasteiger partial charge is 0.462 e. The van der Waals surface area contributed by atoms with E-state index in [0.717, 1.165) is 18.8 Å². The van der Waals surface area contributed by atoms with Crippen LogP contribution in [0.5, 0.6) is 0 Å². The van der Waals surface area contributed by atoms with Crippen LogP contribution in [0, 0.1) is 23.2 Å². The molecule has 2 aliphatic carbocycles. The summed E-state index contributed by atoms with van der Waals surface area (Å²) in [6.07, 6.45) is 7.45. The molecule has 0 aromatic carbocycles. The minimum atomic E-state index is -0.329. The first-order valence-electron chi connectivity index (χ1n) is 7.61. The summed E-state index contributed by atoms with van der Waals surface area (Å²) >= 11 is 0. The van der Waals surface area contributed by atoms with E-state index in [9.17, 15) is 4.79 Å². The van der Waals surface area contributed by atoms with Crippen molar-refractivity contribution in [3.63, 3.8) is 0 Å². The molecule has 0 aromatic rings. The first-order chi connectivity index (χ1) is 8.40. The Balaban J connectivity index is 1.91. The van der Waals surface area contributed by atoms with Crippen LogP contribution in [-0.4, -0.2) is 12.1 Å². The minimum absolute atomic E-state index is 0.0220. The number of ether oxygens (including phenoxy) is 1. The average Bonchev–Trinajstić information content (AvgIpc) is 2.80. The molecule has 0 aromatic heterocycles. The topological polar surface area (TPSA) is 26.3 Å². The first kappa shape index (κ1) is 13.9. The second kappa shape index (κ2) is 5.22. The first-order valence-corrected chi connectivity index (χ1v) is 7.61. The van der Waals surface area contributed by atoms with Gasteiger partial charge < -0.3 is 4.74 Å². The second-order valence-corrected chi connectivity index (χ2v) is 7.36. The van der Waals surface area contributed by atoms with Gasteiger partial charge in [-0.2, -0.15) is 0 Å². The van der Waals surface area contributed by atoms with Crippen molar-refractivity contribution in [1.29, 1.82) is 0 Å². The highest BCUT2D eigenvalue weighted by atomic mass is 16.5. The van der Waals surface area contributed by atoms with E-state index in [-0.39, 0.29) is 17.5 Å². The number of rotatable bonds is 4. The molecule has 0 amide bonds. The maximum Gasteiger partial charge on any atom is 0.311 e. The van der Waals surface area contributed by atoms with Gasteiger partial charge in [-0.05, 0) is 57.3 Å². The Morgan fingerprint density at radius 1 is 1.22 bits per heavy atom.